The van der Waals surface area contributed by atoms with E-state index >= 15 is 0 Å². The summed E-state index contributed by atoms with van der Waals surface area (Å²) in [6.07, 6.45) is 1.56. The fourth-order valence-electron chi connectivity index (χ4n) is 0.833. The largest absolute Gasteiger partial charge is 0.494 e. The summed E-state index contributed by atoms with van der Waals surface area (Å²) in [5, 5.41) is 0. The van der Waals surface area contributed by atoms with Gasteiger partial charge < -0.3 is 4.74 Å². The third-order valence-corrected chi connectivity index (χ3v) is 1.43. The summed E-state index contributed by atoms with van der Waals surface area (Å²) < 4.78 is 5.28. The van der Waals surface area contributed by atoms with E-state index in [4.69, 9.17) is 4.74 Å². The second-order valence-corrected chi connectivity index (χ2v) is 2.39. The van der Waals surface area contributed by atoms with Crippen LogP contribution in [0.25, 0.3) is 0 Å². The summed E-state index contributed by atoms with van der Waals surface area (Å²) in [5.41, 5.74) is 0.664. The van der Waals surface area contributed by atoms with E-state index < -0.39 is 0 Å². The maximum absolute atomic E-state index is 10.3. The molecule has 0 aromatic heterocycles. The summed E-state index contributed by atoms with van der Waals surface area (Å²) in [6.45, 7) is 4.26. The quantitative estimate of drug-likeness (QED) is 0.635. The zero-order chi connectivity index (χ0) is 8.81. The minimum atomic E-state index is 0.612. The average Bonchev–Trinajstić information content (AvgIpc) is 2.15. The molecule has 0 aliphatic carbocycles. The molecule has 0 aliphatic rings. The Kier molecular flexibility index (Phi) is 3.33. The number of aldehydes is 1. The van der Waals surface area contributed by atoms with Gasteiger partial charge in [-0.15, -0.1) is 0 Å². The van der Waals surface area contributed by atoms with Gasteiger partial charge in [0.25, 0.3) is 0 Å². The van der Waals surface area contributed by atoms with E-state index in [2.05, 4.69) is 6.92 Å². The molecular weight excluding hydrogens is 152 g/mol. The Morgan fingerprint density at radius 2 is 2.00 bits per heavy atom. The van der Waals surface area contributed by atoms with Crippen molar-refractivity contribution in [3.8, 4) is 5.75 Å². The lowest BCUT2D eigenvalue weighted by atomic mass is 10.2. The van der Waals surface area contributed by atoms with Gasteiger partial charge in [0.05, 0.1) is 6.61 Å². The number of hydrogen-bond acceptors (Lipinski definition) is 2. The van der Waals surface area contributed by atoms with Crippen molar-refractivity contribution in [2.75, 3.05) is 6.61 Å². The molecule has 0 heterocycles. The van der Waals surface area contributed by atoms with Gasteiger partial charge in [0, 0.05) is 5.56 Å². The summed E-state index contributed by atoms with van der Waals surface area (Å²) in [6, 6.07) is 7.01. The number of ether oxygens (including phenoxy) is 1. The van der Waals surface area contributed by atoms with Crippen molar-refractivity contribution in [3.05, 3.63) is 36.8 Å². The fraction of sp³-hybridized carbons (Fsp3) is 0.200. The van der Waals surface area contributed by atoms with Gasteiger partial charge >= 0.3 is 0 Å². The molecule has 2 nitrogen and oxygen atoms in total. The molecule has 0 aliphatic heterocycles. The third kappa shape index (κ3) is 2.38. The highest BCUT2D eigenvalue weighted by Gasteiger charge is 1.92. The monoisotopic (exact) mass is 163 g/mol. The van der Waals surface area contributed by atoms with Gasteiger partial charge in [-0.2, -0.15) is 0 Å². The highest BCUT2D eigenvalue weighted by molar-refractivity contribution is 5.74. The van der Waals surface area contributed by atoms with Gasteiger partial charge in [0.2, 0.25) is 0 Å². The summed E-state index contributed by atoms with van der Waals surface area (Å²) in [5.74, 6) is 0.782. The standard InChI is InChI=1S/C10H11O2/c1-2-7-12-10-5-3-9(8-11)4-6-10/h3-6,8H,1-2,7H2. The smallest absolute Gasteiger partial charge is 0.150 e. The molecule has 0 fully saturated rings. The van der Waals surface area contributed by atoms with Crippen LogP contribution in [0.4, 0.5) is 0 Å². The molecule has 12 heavy (non-hydrogen) atoms. The highest BCUT2D eigenvalue weighted by Crippen LogP contribution is 2.10. The number of rotatable bonds is 4. The van der Waals surface area contributed by atoms with E-state index in [-0.39, 0.29) is 0 Å². The van der Waals surface area contributed by atoms with Crippen LogP contribution in [0.5, 0.6) is 5.75 Å². The molecule has 1 radical (unpaired) electrons. The van der Waals surface area contributed by atoms with Crippen molar-refractivity contribution in [1.82, 2.24) is 0 Å². The molecule has 0 unspecified atom stereocenters. The molecule has 0 saturated heterocycles. The first-order chi connectivity index (χ1) is 5.86. The predicted molar refractivity (Wildman–Crippen MR) is 47.3 cm³/mol. The normalized spacial score (nSPS) is 9.42. The zero-order valence-corrected chi connectivity index (χ0v) is 6.82. The number of hydrogen-bond donors (Lipinski definition) is 0. The molecule has 0 atom stereocenters. The van der Waals surface area contributed by atoms with E-state index in [1.54, 1.807) is 24.3 Å². The van der Waals surface area contributed by atoms with E-state index in [0.717, 1.165) is 18.5 Å². The van der Waals surface area contributed by atoms with E-state index in [0.29, 0.717) is 12.2 Å². The lowest BCUT2D eigenvalue weighted by Crippen LogP contribution is -1.94. The van der Waals surface area contributed by atoms with Crippen molar-refractivity contribution in [2.45, 2.75) is 6.42 Å². The van der Waals surface area contributed by atoms with Gasteiger partial charge in [0.1, 0.15) is 12.0 Å². The Balaban J connectivity index is 2.58. The Morgan fingerprint density at radius 3 is 2.50 bits per heavy atom. The molecule has 1 aromatic rings. The predicted octanol–water partition coefficient (Wildman–Crippen LogP) is 2.10. The first-order valence-electron chi connectivity index (χ1n) is 3.84. The first kappa shape index (κ1) is 8.78. The minimum Gasteiger partial charge on any atom is -0.494 e. The van der Waals surface area contributed by atoms with Crippen LogP contribution in [-0.4, -0.2) is 12.9 Å². The van der Waals surface area contributed by atoms with Gasteiger partial charge in [-0.25, -0.2) is 0 Å². The Bertz CT molecular complexity index is 239. The molecule has 1 aromatic carbocycles. The molecule has 0 saturated carbocycles. The minimum absolute atomic E-state index is 0.612. The van der Waals surface area contributed by atoms with Crippen LogP contribution in [0.15, 0.2) is 24.3 Å². The van der Waals surface area contributed by atoms with Crippen LogP contribution < -0.4 is 4.74 Å². The van der Waals surface area contributed by atoms with Crippen LogP contribution in [0.3, 0.4) is 0 Å². The molecule has 0 bridgehead atoms. The maximum atomic E-state index is 10.3. The topological polar surface area (TPSA) is 26.3 Å². The van der Waals surface area contributed by atoms with Crippen molar-refractivity contribution >= 4 is 6.29 Å². The van der Waals surface area contributed by atoms with Crippen molar-refractivity contribution < 1.29 is 9.53 Å². The van der Waals surface area contributed by atoms with Gasteiger partial charge in [-0.05, 0) is 37.6 Å². The lowest BCUT2D eigenvalue weighted by Gasteiger charge is -2.02. The van der Waals surface area contributed by atoms with Crippen LogP contribution >= 0.6 is 0 Å². The van der Waals surface area contributed by atoms with Crippen molar-refractivity contribution in [3.63, 3.8) is 0 Å². The van der Waals surface area contributed by atoms with Crippen LogP contribution in [0.1, 0.15) is 16.8 Å². The van der Waals surface area contributed by atoms with Crippen LogP contribution in [-0.2, 0) is 0 Å². The van der Waals surface area contributed by atoms with Crippen LogP contribution in [0, 0.1) is 6.92 Å². The lowest BCUT2D eigenvalue weighted by molar-refractivity contribution is 0.112. The van der Waals surface area contributed by atoms with Gasteiger partial charge in [0.15, 0.2) is 0 Å². The van der Waals surface area contributed by atoms with E-state index in [1.165, 1.54) is 0 Å². The molecule has 1 rings (SSSR count). The van der Waals surface area contributed by atoms with Crippen molar-refractivity contribution in [2.24, 2.45) is 0 Å². The number of benzene rings is 1. The Morgan fingerprint density at radius 1 is 1.33 bits per heavy atom. The fourth-order valence-corrected chi connectivity index (χ4v) is 0.833. The summed E-state index contributed by atoms with van der Waals surface area (Å²) in [4.78, 5) is 10.3. The van der Waals surface area contributed by atoms with Gasteiger partial charge in [-0.1, -0.05) is 0 Å². The second kappa shape index (κ2) is 4.54. The molecular formula is C10H11O2. The first-order valence-corrected chi connectivity index (χ1v) is 3.84. The molecule has 63 valence electrons. The van der Waals surface area contributed by atoms with E-state index in [1.807, 2.05) is 0 Å². The SMILES string of the molecule is [CH2]CCOc1ccc(C=O)cc1. The van der Waals surface area contributed by atoms with Crippen LogP contribution in [0.2, 0.25) is 0 Å². The number of carbonyl (C=O) groups excluding carboxylic acids is 1. The molecule has 0 amide bonds. The molecule has 0 N–H and O–H groups in total. The van der Waals surface area contributed by atoms with E-state index in [9.17, 15) is 4.79 Å². The third-order valence-electron chi connectivity index (χ3n) is 1.43. The summed E-state index contributed by atoms with van der Waals surface area (Å²) >= 11 is 0. The van der Waals surface area contributed by atoms with Crippen molar-refractivity contribution in [1.29, 1.82) is 0 Å². The average molecular weight is 163 g/mol. The molecule has 2 heteroatoms. The number of carbonyl (C=O) groups is 1. The van der Waals surface area contributed by atoms with Gasteiger partial charge in [-0.3, -0.25) is 4.79 Å². The Labute approximate surface area is 72.2 Å². The maximum Gasteiger partial charge on any atom is 0.150 e. The second-order valence-electron chi connectivity index (χ2n) is 2.39. The molecule has 0 spiro atoms. The summed E-state index contributed by atoms with van der Waals surface area (Å²) in [7, 11) is 0. The Hall–Kier alpha value is -1.31. The zero-order valence-electron chi connectivity index (χ0n) is 6.82. The highest BCUT2D eigenvalue weighted by atomic mass is 16.5.